The fraction of sp³-hybridized carbons (Fsp3) is 0.625. The van der Waals surface area contributed by atoms with Crippen molar-refractivity contribution >= 4 is 0 Å². The first kappa shape index (κ1) is 17.0. The van der Waals surface area contributed by atoms with E-state index in [4.69, 9.17) is 14.2 Å². The first-order chi connectivity index (χ1) is 9.65. The molecule has 1 rings (SSSR count). The Kier molecular flexibility index (Phi) is 8.26. The topological polar surface area (TPSA) is 39.7 Å². The standard InChI is InChI=1S/C16H27NO3/c1-13(2)17-11-16(19-4)12-20-15-7-5-14(6-8-15)9-10-18-3/h5-8,13,16-17H,9-12H2,1-4H3. The van der Waals surface area contributed by atoms with Gasteiger partial charge in [0.2, 0.25) is 0 Å². The monoisotopic (exact) mass is 281 g/mol. The second-order valence-electron chi connectivity index (χ2n) is 5.12. The van der Waals surface area contributed by atoms with Crippen molar-refractivity contribution in [2.24, 2.45) is 0 Å². The molecule has 0 aliphatic carbocycles. The molecule has 4 nitrogen and oxygen atoms in total. The lowest BCUT2D eigenvalue weighted by Crippen LogP contribution is -2.36. The maximum atomic E-state index is 5.75. The van der Waals surface area contributed by atoms with Gasteiger partial charge in [-0.1, -0.05) is 26.0 Å². The lowest BCUT2D eigenvalue weighted by atomic mass is 10.1. The molecular formula is C16H27NO3. The predicted molar refractivity (Wildman–Crippen MR) is 81.5 cm³/mol. The predicted octanol–water partition coefficient (Wildman–Crippen LogP) is 2.27. The molecule has 0 heterocycles. The zero-order chi connectivity index (χ0) is 14.8. The van der Waals surface area contributed by atoms with Crippen LogP contribution in [0, 0.1) is 0 Å². The summed E-state index contributed by atoms with van der Waals surface area (Å²) in [6, 6.07) is 8.58. The summed E-state index contributed by atoms with van der Waals surface area (Å²) in [7, 11) is 3.43. The van der Waals surface area contributed by atoms with E-state index in [0.29, 0.717) is 12.6 Å². The van der Waals surface area contributed by atoms with Gasteiger partial charge >= 0.3 is 0 Å². The van der Waals surface area contributed by atoms with Crippen molar-refractivity contribution in [1.29, 1.82) is 0 Å². The fourth-order valence-corrected chi connectivity index (χ4v) is 1.74. The Bertz CT molecular complexity index is 351. The number of hydrogen-bond acceptors (Lipinski definition) is 4. The Labute approximate surface area is 122 Å². The molecule has 0 aliphatic heterocycles. The smallest absolute Gasteiger partial charge is 0.119 e. The number of ether oxygens (including phenoxy) is 3. The lowest BCUT2D eigenvalue weighted by Gasteiger charge is -2.18. The van der Waals surface area contributed by atoms with E-state index in [0.717, 1.165) is 25.3 Å². The zero-order valence-corrected chi connectivity index (χ0v) is 13.0. The quantitative estimate of drug-likeness (QED) is 0.714. The van der Waals surface area contributed by atoms with E-state index < -0.39 is 0 Å². The molecule has 0 amide bonds. The Morgan fingerprint density at radius 3 is 2.35 bits per heavy atom. The van der Waals surface area contributed by atoms with E-state index in [1.807, 2.05) is 12.1 Å². The van der Waals surface area contributed by atoms with Gasteiger partial charge in [-0.05, 0) is 24.1 Å². The van der Waals surface area contributed by atoms with Gasteiger partial charge in [0.1, 0.15) is 18.5 Å². The summed E-state index contributed by atoms with van der Waals surface area (Å²) in [6.45, 7) is 6.32. The normalized spacial score (nSPS) is 12.7. The van der Waals surface area contributed by atoms with Gasteiger partial charge in [0, 0.05) is 26.8 Å². The van der Waals surface area contributed by atoms with Crippen LogP contribution < -0.4 is 10.1 Å². The summed E-state index contributed by atoms with van der Waals surface area (Å²) in [6.07, 6.45) is 0.987. The number of methoxy groups -OCH3 is 2. The van der Waals surface area contributed by atoms with Crippen LogP contribution in [0.3, 0.4) is 0 Å². The molecule has 0 saturated carbocycles. The first-order valence-corrected chi connectivity index (χ1v) is 7.12. The van der Waals surface area contributed by atoms with Crippen LogP contribution in [0.1, 0.15) is 19.4 Å². The third-order valence-corrected chi connectivity index (χ3v) is 3.04. The molecule has 4 heteroatoms. The summed E-state index contributed by atoms with van der Waals surface area (Å²) in [5, 5.41) is 3.35. The molecule has 1 atom stereocenters. The minimum Gasteiger partial charge on any atom is -0.491 e. The second-order valence-corrected chi connectivity index (χ2v) is 5.12. The van der Waals surface area contributed by atoms with Crippen molar-refractivity contribution in [3.63, 3.8) is 0 Å². The molecule has 0 bridgehead atoms. The number of benzene rings is 1. The van der Waals surface area contributed by atoms with Crippen molar-refractivity contribution in [2.75, 3.05) is 34.0 Å². The molecule has 0 spiro atoms. The van der Waals surface area contributed by atoms with Gasteiger partial charge in [0.25, 0.3) is 0 Å². The van der Waals surface area contributed by atoms with E-state index in [9.17, 15) is 0 Å². The lowest BCUT2D eigenvalue weighted by molar-refractivity contribution is 0.0568. The molecule has 0 aliphatic rings. The van der Waals surface area contributed by atoms with Crippen LogP contribution in [0.4, 0.5) is 0 Å². The molecule has 0 aromatic heterocycles. The van der Waals surface area contributed by atoms with Crippen LogP contribution in [-0.2, 0) is 15.9 Å². The highest BCUT2D eigenvalue weighted by molar-refractivity contribution is 5.27. The van der Waals surface area contributed by atoms with E-state index in [1.54, 1.807) is 14.2 Å². The van der Waals surface area contributed by atoms with Gasteiger partial charge in [0.15, 0.2) is 0 Å². The van der Waals surface area contributed by atoms with Crippen molar-refractivity contribution in [1.82, 2.24) is 5.32 Å². The molecule has 1 aromatic rings. The van der Waals surface area contributed by atoms with Gasteiger partial charge in [-0.2, -0.15) is 0 Å². The molecule has 20 heavy (non-hydrogen) atoms. The van der Waals surface area contributed by atoms with Crippen molar-refractivity contribution < 1.29 is 14.2 Å². The fourth-order valence-electron chi connectivity index (χ4n) is 1.74. The van der Waals surface area contributed by atoms with Crippen molar-refractivity contribution in [3.05, 3.63) is 29.8 Å². The molecule has 0 radical (unpaired) electrons. The molecule has 1 unspecified atom stereocenters. The summed E-state index contributed by atoms with van der Waals surface area (Å²) in [4.78, 5) is 0. The largest absolute Gasteiger partial charge is 0.491 e. The van der Waals surface area contributed by atoms with Crippen LogP contribution in [0.2, 0.25) is 0 Å². The highest BCUT2D eigenvalue weighted by atomic mass is 16.5. The highest BCUT2D eigenvalue weighted by Crippen LogP contribution is 2.13. The summed E-state index contributed by atoms with van der Waals surface area (Å²) >= 11 is 0. The van der Waals surface area contributed by atoms with Crippen molar-refractivity contribution in [3.8, 4) is 5.75 Å². The number of nitrogens with one attached hydrogen (secondary N) is 1. The average molecular weight is 281 g/mol. The molecule has 114 valence electrons. The summed E-state index contributed by atoms with van der Waals surface area (Å²) < 4.78 is 16.2. The van der Waals surface area contributed by atoms with Gasteiger partial charge < -0.3 is 19.5 Å². The maximum Gasteiger partial charge on any atom is 0.119 e. The van der Waals surface area contributed by atoms with Crippen LogP contribution >= 0.6 is 0 Å². The molecule has 1 N–H and O–H groups in total. The molecule has 1 aromatic carbocycles. The van der Waals surface area contributed by atoms with Crippen LogP contribution in [0.15, 0.2) is 24.3 Å². The number of hydrogen-bond donors (Lipinski definition) is 1. The van der Waals surface area contributed by atoms with E-state index in [-0.39, 0.29) is 6.10 Å². The first-order valence-electron chi connectivity index (χ1n) is 7.12. The second kappa shape index (κ2) is 9.75. The van der Waals surface area contributed by atoms with Gasteiger partial charge in [-0.3, -0.25) is 0 Å². The van der Waals surface area contributed by atoms with Crippen LogP contribution in [0.25, 0.3) is 0 Å². The minimum atomic E-state index is 0.0607. The minimum absolute atomic E-state index is 0.0607. The maximum absolute atomic E-state index is 5.75. The molecule has 0 saturated heterocycles. The van der Waals surface area contributed by atoms with Gasteiger partial charge in [0.05, 0.1) is 6.61 Å². The SMILES string of the molecule is COCCc1ccc(OCC(CNC(C)C)OC)cc1. The number of rotatable bonds is 10. The third-order valence-electron chi connectivity index (χ3n) is 3.04. The zero-order valence-electron chi connectivity index (χ0n) is 13.0. The van der Waals surface area contributed by atoms with Crippen molar-refractivity contribution in [2.45, 2.75) is 32.4 Å². The van der Waals surface area contributed by atoms with Crippen LogP contribution in [-0.4, -0.2) is 46.1 Å². The average Bonchev–Trinajstić information content (AvgIpc) is 2.46. The molecule has 0 fully saturated rings. The van der Waals surface area contributed by atoms with Gasteiger partial charge in [-0.25, -0.2) is 0 Å². The van der Waals surface area contributed by atoms with Gasteiger partial charge in [-0.15, -0.1) is 0 Å². The Morgan fingerprint density at radius 2 is 1.80 bits per heavy atom. The van der Waals surface area contributed by atoms with E-state index in [2.05, 4.69) is 31.3 Å². The van der Waals surface area contributed by atoms with E-state index >= 15 is 0 Å². The Morgan fingerprint density at radius 1 is 1.10 bits per heavy atom. The van der Waals surface area contributed by atoms with E-state index in [1.165, 1.54) is 5.56 Å². The highest BCUT2D eigenvalue weighted by Gasteiger charge is 2.08. The molecular weight excluding hydrogens is 254 g/mol. The Balaban J connectivity index is 2.35. The third kappa shape index (κ3) is 6.89. The summed E-state index contributed by atoms with van der Waals surface area (Å²) in [5.41, 5.74) is 1.25. The van der Waals surface area contributed by atoms with Crippen LogP contribution in [0.5, 0.6) is 5.75 Å². The Hall–Kier alpha value is -1.10. The summed E-state index contributed by atoms with van der Waals surface area (Å²) in [5.74, 6) is 0.873.